The highest BCUT2D eigenvalue weighted by Crippen LogP contribution is 2.26. The van der Waals surface area contributed by atoms with E-state index in [2.05, 4.69) is 17.6 Å². The molecule has 8 nitrogen and oxygen atoms in total. The molecule has 0 aromatic heterocycles. The summed E-state index contributed by atoms with van der Waals surface area (Å²) >= 11 is 0. The molecule has 0 aliphatic heterocycles. The molecule has 0 saturated carbocycles. The van der Waals surface area contributed by atoms with E-state index in [0.717, 1.165) is 30.4 Å². The highest BCUT2D eigenvalue weighted by atomic mass is 16.6. The second kappa shape index (κ2) is 14.5. The van der Waals surface area contributed by atoms with Gasteiger partial charge in [0, 0.05) is 6.54 Å². The van der Waals surface area contributed by atoms with Gasteiger partial charge in [0.1, 0.15) is 24.2 Å². The Bertz CT molecular complexity index is 932. The summed E-state index contributed by atoms with van der Waals surface area (Å²) in [5.41, 5.74) is 1.92. The normalized spacial score (nSPS) is 13.6. The van der Waals surface area contributed by atoms with E-state index >= 15 is 0 Å². The van der Waals surface area contributed by atoms with Gasteiger partial charge in [0.15, 0.2) is 0 Å². The minimum atomic E-state index is -1.01. The fourth-order valence-corrected chi connectivity index (χ4v) is 3.76. The number of nitriles is 1. The van der Waals surface area contributed by atoms with E-state index in [0.29, 0.717) is 18.5 Å². The number of carbonyl (C=O) groups is 3. The number of hydrogen-bond acceptors (Lipinski definition) is 5. The molecule has 0 spiro atoms. The van der Waals surface area contributed by atoms with Crippen LogP contribution in [0.25, 0.3) is 0 Å². The van der Waals surface area contributed by atoms with Crippen molar-refractivity contribution in [1.82, 2.24) is 15.5 Å². The average molecular weight is 501 g/mol. The molecule has 0 aliphatic rings. The summed E-state index contributed by atoms with van der Waals surface area (Å²) in [6.07, 6.45) is 2.70. The number of alkyl carbamates (subject to hydrolysis) is 1. The van der Waals surface area contributed by atoms with E-state index in [4.69, 9.17) is 4.74 Å². The molecule has 0 radical (unpaired) electrons. The summed E-state index contributed by atoms with van der Waals surface area (Å²) in [5, 5.41) is 15.3. The zero-order chi connectivity index (χ0) is 27.5. The topological polar surface area (TPSA) is 112 Å². The van der Waals surface area contributed by atoms with Crippen LogP contribution < -0.4 is 10.6 Å². The lowest BCUT2D eigenvalue weighted by Crippen LogP contribution is -2.55. The fourth-order valence-electron chi connectivity index (χ4n) is 3.76. The molecule has 200 valence electrons. The van der Waals surface area contributed by atoms with Crippen LogP contribution in [0.3, 0.4) is 0 Å². The molecule has 0 bridgehead atoms. The van der Waals surface area contributed by atoms with Gasteiger partial charge >= 0.3 is 6.09 Å². The van der Waals surface area contributed by atoms with Crippen molar-refractivity contribution < 1.29 is 19.1 Å². The minimum Gasteiger partial charge on any atom is -0.444 e. The molecule has 0 saturated heterocycles. The Balaban J connectivity index is 3.44. The van der Waals surface area contributed by atoms with Crippen molar-refractivity contribution in [3.05, 3.63) is 34.9 Å². The zero-order valence-corrected chi connectivity index (χ0v) is 23.2. The Morgan fingerprint density at radius 2 is 1.78 bits per heavy atom. The Morgan fingerprint density at radius 1 is 1.11 bits per heavy atom. The molecule has 0 aliphatic carbocycles. The Morgan fingerprint density at radius 3 is 2.31 bits per heavy atom. The number of nitrogens with zero attached hydrogens (tertiary/aromatic N) is 2. The van der Waals surface area contributed by atoms with Gasteiger partial charge in [-0.3, -0.25) is 9.59 Å². The van der Waals surface area contributed by atoms with Crippen LogP contribution in [0.5, 0.6) is 0 Å². The van der Waals surface area contributed by atoms with Gasteiger partial charge in [0.2, 0.25) is 11.8 Å². The minimum absolute atomic E-state index is 0.251. The van der Waals surface area contributed by atoms with Crippen LogP contribution in [0.2, 0.25) is 0 Å². The third-order valence-corrected chi connectivity index (χ3v) is 6.16. The molecule has 0 fully saturated rings. The molecule has 1 rings (SSSR count). The predicted molar refractivity (Wildman–Crippen MR) is 141 cm³/mol. The molecule has 8 heteroatoms. The van der Waals surface area contributed by atoms with Crippen LogP contribution in [0.4, 0.5) is 4.79 Å². The van der Waals surface area contributed by atoms with Crippen molar-refractivity contribution in [3.8, 4) is 6.07 Å². The molecule has 1 aromatic carbocycles. The monoisotopic (exact) mass is 500 g/mol. The van der Waals surface area contributed by atoms with Gasteiger partial charge in [-0.2, -0.15) is 5.26 Å². The number of rotatable bonds is 12. The molecule has 2 N–H and O–H groups in total. The summed E-state index contributed by atoms with van der Waals surface area (Å²) in [5.74, 6) is -1.10. The summed E-state index contributed by atoms with van der Waals surface area (Å²) in [7, 11) is 0. The zero-order valence-electron chi connectivity index (χ0n) is 23.2. The van der Waals surface area contributed by atoms with Crippen LogP contribution in [0, 0.1) is 31.1 Å². The second-order valence-electron chi connectivity index (χ2n) is 10.4. The van der Waals surface area contributed by atoms with Crippen LogP contribution in [-0.2, 0) is 14.3 Å². The first-order chi connectivity index (χ1) is 16.9. The Kier molecular flexibility index (Phi) is 12.4. The molecular formula is C28H44N4O4. The highest BCUT2D eigenvalue weighted by Gasteiger charge is 2.38. The number of unbranched alkanes of at least 4 members (excludes halogenated alkanes) is 2. The van der Waals surface area contributed by atoms with E-state index in [9.17, 15) is 19.6 Å². The average Bonchev–Trinajstić information content (AvgIpc) is 2.80. The van der Waals surface area contributed by atoms with E-state index in [1.54, 1.807) is 20.8 Å². The summed E-state index contributed by atoms with van der Waals surface area (Å²) in [4.78, 5) is 41.2. The maximum Gasteiger partial charge on any atom is 0.408 e. The Hall–Kier alpha value is -3.08. The van der Waals surface area contributed by atoms with E-state index < -0.39 is 29.7 Å². The van der Waals surface area contributed by atoms with Gasteiger partial charge < -0.3 is 20.3 Å². The lowest BCUT2D eigenvalue weighted by Gasteiger charge is -2.34. The van der Waals surface area contributed by atoms with Crippen molar-refractivity contribution in [3.63, 3.8) is 0 Å². The number of carbonyl (C=O) groups excluding carboxylic acids is 3. The quantitative estimate of drug-likeness (QED) is 0.312. The SMILES string of the molecule is CCCCCNC(=O)C(c1ccc(C)c(C)c1)N(CC#N)C(=O)C(NC(=O)OC(C)(C)C)C(C)CC. The summed E-state index contributed by atoms with van der Waals surface area (Å²) < 4.78 is 5.39. The molecule has 1 aromatic rings. The van der Waals surface area contributed by atoms with Gasteiger partial charge in [-0.05, 0) is 63.6 Å². The van der Waals surface area contributed by atoms with Gasteiger partial charge in [0.05, 0.1) is 6.07 Å². The van der Waals surface area contributed by atoms with Gasteiger partial charge in [-0.25, -0.2) is 4.79 Å². The highest BCUT2D eigenvalue weighted by molar-refractivity contribution is 5.92. The van der Waals surface area contributed by atoms with Crippen LogP contribution in [0.15, 0.2) is 18.2 Å². The van der Waals surface area contributed by atoms with Crippen molar-refractivity contribution in [1.29, 1.82) is 5.26 Å². The molecule has 3 unspecified atom stereocenters. The van der Waals surface area contributed by atoms with Gasteiger partial charge in [-0.15, -0.1) is 0 Å². The van der Waals surface area contributed by atoms with Crippen LogP contribution in [-0.4, -0.2) is 47.5 Å². The Labute approximate surface area is 216 Å². The number of amides is 3. The third kappa shape index (κ3) is 9.52. The molecule has 3 amide bonds. The number of nitrogens with one attached hydrogen (secondary N) is 2. The van der Waals surface area contributed by atoms with E-state index in [-0.39, 0.29) is 18.4 Å². The maximum absolute atomic E-state index is 13.9. The lowest BCUT2D eigenvalue weighted by molar-refractivity contribution is -0.142. The smallest absolute Gasteiger partial charge is 0.408 e. The van der Waals surface area contributed by atoms with Gasteiger partial charge in [-0.1, -0.05) is 58.2 Å². The fraction of sp³-hybridized carbons (Fsp3) is 0.643. The molecule has 36 heavy (non-hydrogen) atoms. The van der Waals surface area contributed by atoms with Crippen LogP contribution >= 0.6 is 0 Å². The summed E-state index contributed by atoms with van der Waals surface area (Å²) in [6.45, 7) is 15.2. The molecule has 3 atom stereocenters. The third-order valence-electron chi connectivity index (χ3n) is 6.16. The summed E-state index contributed by atoms with van der Waals surface area (Å²) in [6, 6.07) is 5.67. The first-order valence-corrected chi connectivity index (χ1v) is 12.9. The largest absolute Gasteiger partial charge is 0.444 e. The lowest BCUT2D eigenvalue weighted by atomic mass is 9.94. The first kappa shape index (κ1) is 31.0. The predicted octanol–water partition coefficient (Wildman–Crippen LogP) is 4.94. The maximum atomic E-state index is 13.9. The number of aryl methyl sites for hydroxylation is 2. The number of ether oxygens (including phenoxy) is 1. The van der Waals surface area contributed by atoms with E-state index in [1.807, 2.05) is 52.0 Å². The van der Waals surface area contributed by atoms with Crippen molar-refractivity contribution in [2.75, 3.05) is 13.1 Å². The van der Waals surface area contributed by atoms with E-state index in [1.165, 1.54) is 4.90 Å². The van der Waals surface area contributed by atoms with Crippen molar-refractivity contribution >= 4 is 17.9 Å². The first-order valence-electron chi connectivity index (χ1n) is 12.9. The molecular weight excluding hydrogens is 456 g/mol. The number of benzene rings is 1. The van der Waals surface area contributed by atoms with Crippen LogP contribution in [0.1, 0.15) is 90.0 Å². The second-order valence-corrected chi connectivity index (χ2v) is 10.4. The molecule has 0 heterocycles. The van der Waals surface area contributed by atoms with Gasteiger partial charge in [0.25, 0.3) is 0 Å². The number of hydrogen-bond donors (Lipinski definition) is 2. The standard InChI is InChI=1S/C28H44N4O4/c1-9-11-12-16-30-25(33)24(22-14-13-20(4)21(5)18-22)32(17-15-29)26(34)23(19(3)10-2)31-27(35)36-28(6,7)8/h13-14,18-19,23-24H,9-12,16-17H2,1-8H3,(H,30,33)(H,31,35). The van der Waals surface area contributed by atoms with Crippen molar-refractivity contribution in [2.45, 2.75) is 98.8 Å². The van der Waals surface area contributed by atoms with Crippen molar-refractivity contribution in [2.24, 2.45) is 5.92 Å².